The molecule has 0 spiro atoms. The lowest BCUT2D eigenvalue weighted by Crippen LogP contribution is -2.33. The van der Waals surface area contributed by atoms with Crippen molar-refractivity contribution in [2.45, 2.75) is 33.0 Å². The molecule has 0 fully saturated rings. The number of Topliss-reactive ketones (excluding diaryl/α,β-unsaturated/α-hetero) is 1. The molecule has 2 N–H and O–H groups in total. The van der Waals surface area contributed by atoms with E-state index in [-0.39, 0.29) is 5.78 Å². The van der Waals surface area contributed by atoms with Gasteiger partial charge in [-0.1, -0.05) is 30.3 Å². The molecular weight excluding hydrogens is 318 g/mol. The van der Waals surface area contributed by atoms with E-state index in [1.54, 1.807) is 0 Å². The molecule has 6 nitrogen and oxygen atoms in total. The molecule has 6 heteroatoms. The van der Waals surface area contributed by atoms with E-state index in [4.69, 9.17) is 4.74 Å². The summed E-state index contributed by atoms with van der Waals surface area (Å²) in [6, 6.07) is 9.90. The number of H-pyrrole nitrogens is 1. The van der Waals surface area contributed by atoms with Gasteiger partial charge in [0.25, 0.3) is 0 Å². The van der Waals surface area contributed by atoms with Crippen molar-refractivity contribution < 1.29 is 14.6 Å². The van der Waals surface area contributed by atoms with E-state index in [2.05, 4.69) is 9.97 Å². The average molecular weight is 345 g/mol. The molecule has 0 amide bonds. The number of ketones is 1. The normalized spacial score (nSPS) is 12.5. The van der Waals surface area contributed by atoms with Gasteiger partial charge in [0.15, 0.2) is 5.78 Å². The molecule has 25 heavy (non-hydrogen) atoms. The number of ether oxygens (including phenoxy) is 1. The fraction of sp³-hybridized carbons (Fsp3) is 0.474. The number of rotatable bonds is 10. The fourth-order valence-corrected chi connectivity index (χ4v) is 2.67. The third-order valence-electron chi connectivity index (χ3n) is 3.94. The van der Waals surface area contributed by atoms with E-state index >= 15 is 0 Å². The van der Waals surface area contributed by atoms with E-state index in [0.29, 0.717) is 31.9 Å². The molecule has 2 aromatic rings. The molecule has 1 heterocycles. The summed E-state index contributed by atoms with van der Waals surface area (Å²) in [5.41, 5.74) is 2.41. The standard InChI is InChI=1S/C19H27N3O3/c1-14-19(15(2)23)21-18(20-14)9-10-22(3)11-17(24)13-25-12-16-7-5-4-6-8-16/h4-8,17,24H,9-13H2,1-3H3,(H,20,21). The molecule has 0 bridgehead atoms. The van der Waals surface area contributed by atoms with Crippen molar-refractivity contribution in [2.75, 3.05) is 26.7 Å². The van der Waals surface area contributed by atoms with Crippen LogP contribution in [0.1, 0.15) is 34.5 Å². The lowest BCUT2D eigenvalue weighted by atomic mass is 10.2. The summed E-state index contributed by atoms with van der Waals surface area (Å²) in [6.45, 7) is 5.43. The summed E-state index contributed by atoms with van der Waals surface area (Å²) in [5, 5.41) is 10.1. The van der Waals surface area contributed by atoms with Crippen molar-refractivity contribution in [3.8, 4) is 0 Å². The Morgan fingerprint density at radius 2 is 2.08 bits per heavy atom. The van der Waals surface area contributed by atoms with Crippen LogP contribution < -0.4 is 0 Å². The lowest BCUT2D eigenvalue weighted by molar-refractivity contribution is 0.0138. The Hall–Kier alpha value is -2.02. The molecule has 0 aliphatic carbocycles. The first kappa shape index (κ1) is 19.3. The number of likely N-dealkylation sites (N-methyl/N-ethyl adjacent to an activating group) is 1. The third-order valence-corrected chi connectivity index (χ3v) is 3.94. The van der Waals surface area contributed by atoms with Crippen LogP contribution in [0.15, 0.2) is 30.3 Å². The summed E-state index contributed by atoms with van der Waals surface area (Å²) >= 11 is 0. The monoisotopic (exact) mass is 345 g/mol. The van der Waals surface area contributed by atoms with E-state index in [0.717, 1.165) is 23.6 Å². The Balaban J connectivity index is 1.68. The number of aliphatic hydroxyl groups excluding tert-OH is 1. The summed E-state index contributed by atoms with van der Waals surface area (Å²) < 4.78 is 5.56. The number of aromatic amines is 1. The minimum atomic E-state index is -0.542. The first-order valence-electron chi connectivity index (χ1n) is 8.50. The largest absolute Gasteiger partial charge is 0.389 e. The van der Waals surface area contributed by atoms with Gasteiger partial charge < -0.3 is 19.7 Å². The van der Waals surface area contributed by atoms with E-state index in [1.807, 2.05) is 49.2 Å². The van der Waals surface area contributed by atoms with Crippen LogP contribution in [0.5, 0.6) is 0 Å². The number of nitrogens with one attached hydrogen (secondary N) is 1. The molecular formula is C19H27N3O3. The molecule has 0 aliphatic rings. The second kappa shape index (κ2) is 9.46. The van der Waals surface area contributed by atoms with Crippen LogP contribution in [0, 0.1) is 6.92 Å². The average Bonchev–Trinajstić information content (AvgIpc) is 2.95. The predicted octanol–water partition coefficient (Wildman–Crippen LogP) is 1.97. The molecule has 1 atom stereocenters. The minimum Gasteiger partial charge on any atom is -0.389 e. The second-order valence-corrected chi connectivity index (χ2v) is 6.38. The van der Waals surface area contributed by atoms with Crippen molar-refractivity contribution in [1.82, 2.24) is 14.9 Å². The molecule has 2 rings (SSSR count). The van der Waals surface area contributed by atoms with E-state index in [1.165, 1.54) is 6.92 Å². The van der Waals surface area contributed by atoms with Gasteiger partial charge in [0.2, 0.25) is 0 Å². The summed E-state index contributed by atoms with van der Waals surface area (Å²) in [5.74, 6) is 0.767. The first-order chi connectivity index (χ1) is 12.0. The predicted molar refractivity (Wildman–Crippen MR) is 96.6 cm³/mol. The topological polar surface area (TPSA) is 78.5 Å². The van der Waals surface area contributed by atoms with Crippen molar-refractivity contribution in [3.05, 3.63) is 53.1 Å². The first-order valence-corrected chi connectivity index (χ1v) is 8.50. The van der Waals surface area contributed by atoms with Crippen molar-refractivity contribution in [1.29, 1.82) is 0 Å². The van der Waals surface area contributed by atoms with Crippen LogP contribution in [0.3, 0.4) is 0 Å². The van der Waals surface area contributed by atoms with E-state index in [9.17, 15) is 9.90 Å². The minimum absolute atomic E-state index is 0.0284. The third kappa shape index (κ3) is 6.42. The van der Waals surface area contributed by atoms with Gasteiger partial charge in [-0.05, 0) is 19.5 Å². The number of nitrogens with zero attached hydrogens (tertiary/aromatic N) is 2. The zero-order chi connectivity index (χ0) is 18.2. The number of benzene rings is 1. The number of carbonyl (C=O) groups excluding carboxylic acids is 1. The Labute approximate surface area is 148 Å². The van der Waals surface area contributed by atoms with Crippen LogP contribution >= 0.6 is 0 Å². The summed E-state index contributed by atoms with van der Waals surface area (Å²) in [7, 11) is 1.95. The highest BCUT2D eigenvalue weighted by Crippen LogP contribution is 2.07. The maximum atomic E-state index is 11.4. The maximum absolute atomic E-state index is 11.4. The lowest BCUT2D eigenvalue weighted by Gasteiger charge is -2.20. The molecule has 0 radical (unpaired) electrons. The van der Waals surface area contributed by atoms with Crippen molar-refractivity contribution in [3.63, 3.8) is 0 Å². The number of carbonyl (C=O) groups is 1. The number of hydrogen-bond acceptors (Lipinski definition) is 5. The van der Waals surface area contributed by atoms with Gasteiger partial charge >= 0.3 is 0 Å². The van der Waals surface area contributed by atoms with Gasteiger partial charge in [-0.25, -0.2) is 4.98 Å². The molecule has 1 unspecified atom stereocenters. The van der Waals surface area contributed by atoms with Gasteiger partial charge in [0.05, 0.1) is 19.3 Å². The van der Waals surface area contributed by atoms with Gasteiger partial charge in [-0.15, -0.1) is 0 Å². The van der Waals surface area contributed by atoms with Gasteiger partial charge in [0, 0.05) is 32.1 Å². The molecule has 136 valence electrons. The molecule has 0 aliphatic heterocycles. The Kier molecular flexibility index (Phi) is 7.31. The van der Waals surface area contributed by atoms with Crippen LogP contribution in [-0.2, 0) is 17.8 Å². The molecule has 1 aromatic carbocycles. The summed E-state index contributed by atoms with van der Waals surface area (Å²) in [4.78, 5) is 20.9. The molecule has 0 saturated carbocycles. The zero-order valence-corrected chi connectivity index (χ0v) is 15.2. The van der Waals surface area contributed by atoms with Crippen LogP contribution in [0.4, 0.5) is 0 Å². The fourth-order valence-electron chi connectivity index (χ4n) is 2.67. The van der Waals surface area contributed by atoms with Gasteiger partial charge in [0.1, 0.15) is 11.5 Å². The van der Waals surface area contributed by atoms with Crippen LogP contribution in [-0.4, -0.2) is 58.6 Å². The van der Waals surface area contributed by atoms with Crippen LogP contribution in [0.25, 0.3) is 0 Å². The quantitative estimate of drug-likeness (QED) is 0.644. The number of aliphatic hydroxyl groups is 1. The Bertz CT molecular complexity index is 670. The number of imidazole rings is 1. The van der Waals surface area contributed by atoms with Gasteiger partial charge in [-0.2, -0.15) is 0 Å². The number of aryl methyl sites for hydroxylation is 1. The zero-order valence-electron chi connectivity index (χ0n) is 15.2. The Morgan fingerprint density at radius 3 is 2.72 bits per heavy atom. The highest BCUT2D eigenvalue weighted by atomic mass is 16.5. The smallest absolute Gasteiger partial charge is 0.179 e. The molecule has 0 saturated heterocycles. The van der Waals surface area contributed by atoms with Crippen molar-refractivity contribution in [2.24, 2.45) is 0 Å². The number of hydrogen-bond donors (Lipinski definition) is 2. The SMILES string of the molecule is CC(=O)c1nc(CCN(C)CC(O)COCc2ccccc2)[nH]c1C. The van der Waals surface area contributed by atoms with Gasteiger partial charge in [-0.3, -0.25) is 4.79 Å². The molecule has 1 aromatic heterocycles. The maximum Gasteiger partial charge on any atom is 0.179 e. The second-order valence-electron chi connectivity index (χ2n) is 6.38. The Morgan fingerprint density at radius 1 is 1.36 bits per heavy atom. The highest BCUT2D eigenvalue weighted by molar-refractivity contribution is 5.93. The van der Waals surface area contributed by atoms with Crippen molar-refractivity contribution >= 4 is 5.78 Å². The van der Waals surface area contributed by atoms with E-state index < -0.39 is 6.10 Å². The number of aromatic nitrogens is 2. The highest BCUT2D eigenvalue weighted by Gasteiger charge is 2.12. The van der Waals surface area contributed by atoms with Crippen LogP contribution in [0.2, 0.25) is 0 Å². The summed E-state index contributed by atoms with van der Waals surface area (Å²) in [6.07, 6.45) is 0.155.